The van der Waals surface area contributed by atoms with Gasteiger partial charge < -0.3 is 14.8 Å². The van der Waals surface area contributed by atoms with E-state index in [1.54, 1.807) is 24.5 Å². The predicted octanol–water partition coefficient (Wildman–Crippen LogP) is 4.94. The Morgan fingerprint density at radius 3 is 2.56 bits per heavy atom. The topological polar surface area (TPSA) is 114 Å². The molecule has 8 nitrogen and oxygen atoms in total. The third-order valence-corrected chi connectivity index (χ3v) is 6.20. The first-order valence-corrected chi connectivity index (χ1v) is 11.3. The van der Waals surface area contributed by atoms with E-state index < -0.39 is 11.8 Å². The summed E-state index contributed by atoms with van der Waals surface area (Å²) < 4.78 is 20.8. The van der Waals surface area contributed by atoms with Crippen LogP contribution in [0.2, 0.25) is 0 Å². The fourth-order valence-corrected chi connectivity index (χ4v) is 4.38. The van der Waals surface area contributed by atoms with E-state index in [0.29, 0.717) is 28.2 Å². The Kier molecular flexibility index (Phi) is 5.91. The quantitative estimate of drug-likeness (QED) is 0.418. The van der Waals surface area contributed by atoms with E-state index in [9.17, 15) is 9.18 Å². The first-order valence-electron chi connectivity index (χ1n) is 11.3. The van der Waals surface area contributed by atoms with Crippen molar-refractivity contribution in [3.8, 4) is 28.5 Å². The normalized spacial score (nSPS) is 18.2. The Labute approximate surface area is 195 Å². The lowest BCUT2D eigenvalue weighted by molar-refractivity contribution is -0.138. The number of nitrogens with one attached hydrogen (secondary N) is 1. The SMILES string of the molecule is Cc1ccc2[nH]c(-c3ccc(-c4cnc(OC5CCC(CC(=O)O)CC5)nc4)cc3F)nc2n1. The van der Waals surface area contributed by atoms with Gasteiger partial charge in [0.25, 0.3) is 0 Å². The van der Waals surface area contributed by atoms with Crippen molar-refractivity contribution in [3.05, 3.63) is 54.2 Å². The van der Waals surface area contributed by atoms with Crippen molar-refractivity contribution in [1.82, 2.24) is 24.9 Å². The Morgan fingerprint density at radius 2 is 1.85 bits per heavy atom. The largest absolute Gasteiger partial charge is 0.481 e. The predicted molar refractivity (Wildman–Crippen MR) is 124 cm³/mol. The van der Waals surface area contributed by atoms with E-state index in [0.717, 1.165) is 36.9 Å². The fourth-order valence-electron chi connectivity index (χ4n) is 4.38. The number of carboxylic acids is 1. The molecule has 3 heterocycles. The summed E-state index contributed by atoms with van der Waals surface area (Å²) in [5.74, 6) is -0.530. The molecule has 34 heavy (non-hydrogen) atoms. The highest BCUT2D eigenvalue weighted by Gasteiger charge is 2.24. The standard InChI is InChI=1S/C25H24FN5O3/c1-14-2-9-21-24(29-14)31-23(30-21)19-8-5-16(11-20(19)26)17-12-27-25(28-13-17)34-18-6-3-15(4-7-18)10-22(32)33/h2,5,8-9,11-13,15,18H,3-4,6-7,10H2,1H3,(H,32,33)(H,29,30,31). The summed E-state index contributed by atoms with van der Waals surface area (Å²) in [6.45, 7) is 1.88. The molecule has 0 amide bonds. The molecule has 3 aromatic heterocycles. The Balaban J connectivity index is 1.26. The van der Waals surface area contributed by atoms with E-state index >= 15 is 0 Å². The molecule has 0 aliphatic heterocycles. The number of aromatic nitrogens is 5. The maximum Gasteiger partial charge on any atom is 0.316 e. The minimum atomic E-state index is -0.752. The maximum absolute atomic E-state index is 14.9. The smallest absolute Gasteiger partial charge is 0.316 e. The molecule has 4 aromatic rings. The molecule has 0 unspecified atom stereocenters. The molecular weight excluding hydrogens is 437 g/mol. The van der Waals surface area contributed by atoms with Gasteiger partial charge in [0.05, 0.1) is 11.1 Å². The molecule has 1 fully saturated rings. The lowest BCUT2D eigenvalue weighted by atomic mass is 9.85. The summed E-state index contributed by atoms with van der Waals surface area (Å²) in [6.07, 6.45) is 6.62. The average Bonchev–Trinajstić information content (AvgIpc) is 3.23. The Hall–Kier alpha value is -3.88. The van der Waals surface area contributed by atoms with E-state index in [-0.39, 0.29) is 24.5 Å². The van der Waals surface area contributed by atoms with Crippen LogP contribution in [-0.2, 0) is 4.79 Å². The average molecular weight is 461 g/mol. The van der Waals surface area contributed by atoms with Gasteiger partial charge >= 0.3 is 12.0 Å². The van der Waals surface area contributed by atoms with E-state index in [2.05, 4.69) is 24.9 Å². The molecule has 2 N–H and O–H groups in total. The van der Waals surface area contributed by atoms with Gasteiger partial charge in [-0.3, -0.25) is 4.79 Å². The summed E-state index contributed by atoms with van der Waals surface area (Å²) in [6, 6.07) is 8.93. The zero-order valence-corrected chi connectivity index (χ0v) is 18.7. The third kappa shape index (κ3) is 4.73. The number of hydrogen-bond acceptors (Lipinski definition) is 6. The van der Waals surface area contributed by atoms with Gasteiger partial charge in [-0.1, -0.05) is 6.07 Å². The molecule has 174 valence electrons. The number of nitrogens with zero attached hydrogens (tertiary/aromatic N) is 4. The number of carboxylic acid groups (broad SMARTS) is 1. The second kappa shape index (κ2) is 9.17. The molecule has 0 radical (unpaired) electrons. The van der Waals surface area contributed by atoms with Crippen LogP contribution in [-0.4, -0.2) is 42.1 Å². The van der Waals surface area contributed by atoms with Crippen LogP contribution in [0.15, 0.2) is 42.7 Å². The van der Waals surface area contributed by atoms with Crippen molar-refractivity contribution in [2.45, 2.75) is 45.1 Å². The minimum absolute atomic E-state index is 0.0188. The van der Waals surface area contributed by atoms with Gasteiger partial charge in [-0.2, -0.15) is 0 Å². The molecule has 0 atom stereocenters. The zero-order chi connectivity index (χ0) is 23.7. The van der Waals surface area contributed by atoms with Gasteiger partial charge in [-0.05, 0) is 68.4 Å². The molecule has 1 aliphatic rings. The fraction of sp³-hybridized carbons (Fsp3) is 0.320. The molecule has 0 spiro atoms. The van der Waals surface area contributed by atoms with Gasteiger partial charge in [0.2, 0.25) is 0 Å². The summed E-state index contributed by atoms with van der Waals surface area (Å²) >= 11 is 0. The molecule has 1 aliphatic carbocycles. The number of benzene rings is 1. The van der Waals surface area contributed by atoms with Crippen LogP contribution in [0.4, 0.5) is 4.39 Å². The third-order valence-electron chi connectivity index (χ3n) is 6.20. The number of fused-ring (bicyclic) bond motifs is 1. The van der Waals surface area contributed by atoms with Crippen LogP contribution in [0.25, 0.3) is 33.7 Å². The Morgan fingerprint density at radius 1 is 1.09 bits per heavy atom. The molecule has 9 heteroatoms. The molecular formula is C25H24FN5O3. The molecule has 1 saturated carbocycles. The van der Waals surface area contributed by atoms with Crippen LogP contribution in [0.3, 0.4) is 0 Å². The summed E-state index contributed by atoms with van der Waals surface area (Å²) in [4.78, 5) is 31.3. The van der Waals surface area contributed by atoms with Crippen LogP contribution in [0.5, 0.6) is 6.01 Å². The second-order valence-corrected chi connectivity index (χ2v) is 8.72. The van der Waals surface area contributed by atoms with Gasteiger partial charge in [-0.25, -0.2) is 24.3 Å². The highest BCUT2D eigenvalue weighted by atomic mass is 19.1. The van der Waals surface area contributed by atoms with Crippen LogP contribution >= 0.6 is 0 Å². The van der Waals surface area contributed by atoms with E-state index in [4.69, 9.17) is 9.84 Å². The Bertz CT molecular complexity index is 1330. The van der Waals surface area contributed by atoms with Crippen LogP contribution in [0, 0.1) is 18.7 Å². The number of ether oxygens (including phenoxy) is 1. The van der Waals surface area contributed by atoms with Gasteiger partial charge in [-0.15, -0.1) is 0 Å². The monoisotopic (exact) mass is 461 g/mol. The van der Waals surface area contributed by atoms with Gasteiger partial charge in [0.15, 0.2) is 5.65 Å². The highest BCUT2D eigenvalue weighted by Crippen LogP contribution is 2.30. The summed E-state index contributed by atoms with van der Waals surface area (Å²) in [7, 11) is 0. The van der Waals surface area contributed by atoms with Crippen molar-refractivity contribution < 1.29 is 19.0 Å². The number of hydrogen-bond donors (Lipinski definition) is 2. The number of aryl methyl sites for hydroxylation is 1. The molecule has 0 saturated heterocycles. The van der Waals surface area contributed by atoms with Crippen molar-refractivity contribution in [3.63, 3.8) is 0 Å². The summed E-state index contributed by atoms with van der Waals surface area (Å²) in [5, 5.41) is 8.93. The van der Waals surface area contributed by atoms with E-state index in [1.807, 2.05) is 19.1 Å². The van der Waals surface area contributed by atoms with Crippen molar-refractivity contribution in [1.29, 1.82) is 0 Å². The van der Waals surface area contributed by atoms with Crippen molar-refractivity contribution in [2.75, 3.05) is 0 Å². The zero-order valence-electron chi connectivity index (χ0n) is 18.7. The van der Waals surface area contributed by atoms with Crippen LogP contribution in [0.1, 0.15) is 37.8 Å². The minimum Gasteiger partial charge on any atom is -0.481 e. The first kappa shape index (κ1) is 21.9. The number of imidazole rings is 1. The highest BCUT2D eigenvalue weighted by molar-refractivity contribution is 5.77. The number of aromatic amines is 1. The van der Waals surface area contributed by atoms with Gasteiger partial charge in [0, 0.05) is 30.1 Å². The van der Waals surface area contributed by atoms with Crippen molar-refractivity contribution in [2.24, 2.45) is 5.92 Å². The van der Waals surface area contributed by atoms with E-state index in [1.165, 1.54) is 6.07 Å². The second-order valence-electron chi connectivity index (χ2n) is 8.72. The maximum atomic E-state index is 14.9. The summed E-state index contributed by atoms with van der Waals surface area (Å²) in [5.41, 5.74) is 3.83. The lowest BCUT2D eigenvalue weighted by Gasteiger charge is -2.27. The lowest BCUT2D eigenvalue weighted by Crippen LogP contribution is -2.25. The number of aliphatic carboxylic acids is 1. The molecule has 5 rings (SSSR count). The number of rotatable bonds is 6. The number of H-pyrrole nitrogens is 1. The first-order chi connectivity index (χ1) is 16.4. The van der Waals surface area contributed by atoms with Crippen LogP contribution < -0.4 is 4.74 Å². The molecule has 0 bridgehead atoms. The number of halogens is 1. The number of pyridine rings is 1. The number of carbonyl (C=O) groups is 1. The van der Waals surface area contributed by atoms with Crippen molar-refractivity contribution >= 4 is 17.1 Å². The van der Waals surface area contributed by atoms with Gasteiger partial charge in [0.1, 0.15) is 17.7 Å². The molecule has 1 aromatic carbocycles.